The van der Waals surface area contributed by atoms with E-state index in [1.807, 2.05) is 43.5 Å². The highest BCUT2D eigenvalue weighted by molar-refractivity contribution is 5.85. The fourth-order valence-electron chi connectivity index (χ4n) is 1.97. The molecule has 2 rings (SSSR count). The van der Waals surface area contributed by atoms with Crippen molar-refractivity contribution in [2.24, 2.45) is 5.73 Å². The second-order valence-corrected chi connectivity index (χ2v) is 5.24. The lowest BCUT2D eigenvalue weighted by atomic mass is 10.2. The minimum absolute atomic E-state index is 0. The lowest BCUT2D eigenvalue weighted by Crippen LogP contribution is -2.25. The van der Waals surface area contributed by atoms with Gasteiger partial charge in [-0.15, -0.1) is 12.4 Å². The average Bonchev–Trinajstić information content (AvgIpc) is 3.00. The Morgan fingerprint density at radius 3 is 2.65 bits per heavy atom. The first-order valence-corrected chi connectivity index (χ1v) is 7.29. The Bertz CT molecular complexity index is 611. The van der Waals surface area contributed by atoms with E-state index in [0.717, 1.165) is 17.1 Å². The van der Waals surface area contributed by atoms with Crippen LogP contribution in [0.2, 0.25) is 0 Å². The van der Waals surface area contributed by atoms with Crippen LogP contribution in [0.15, 0.2) is 36.5 Å². The van der Waals surface area contributed by atoms with Gasteiger partial charge in [0, 0.05) is 18.7 Å². The van der Waals surface area contributed by atoms with E-state index in [2.05, 4.69) is 10.4 Å². The number of nitrogens with one attached hydrogen (secondary N) is 1. The summed E-state index contributed by atoms with van der Waals surface area (Å²) in [5.74, 6) is 0.800. The number of hydrogen-bond acceptors (Lipinski definition) is 4. The lowest BCUT2D eigenvalue weighted by Gasteiger charge is -2.06. The van der Waals surface area contributed by atoms with Crippen molar-refractivity contribution in [3.63, 3.8) is 0 Å². The monoisotopic (exact) mass is 338 g/mol. The zero-order chi connectivity index (χ0) is 15.9. The molecule has 3 N–H and O–H groups in total. The van der Waals surface area contributed by atoms with Gasteiger partial charge in [-0.2, -0.15) is 5.10 Å². The van der Waals surface area contributed by atoms with Gasteiger partial charge in [0.15, 0.2) is 0 Å². The number of nitrogens with two attached hydrogens (primary N) is 1. The van der Waals surface area contributed by atoms with Crippen molar-refractivity contribution in [1.29, 1.82) is 0 Å². The van der Waals surface area contributed by atoms with Gasteiger partial charge in [0.05, 0.1) is 25.0 Å². The summed E-state index contributed by atoms with van der Waals surface area (Å²) in [4.78, 5) is 11.7. The Morgan fingerprint density at radius 1 is 1.35 bits per heavy atom. The Kier molecular flexibility index (Phi) is 7.57. The summed E-state index contributed by atoms with van der Waals surface area (Å²) < 4.78 is 6.90. The van der Waals surface area contributed by atoms with Gasteiger partial charge in [-0.25, -0.2) is 4.68 Å². The largest absolute Gasteiger partial charge is 0.497 e. The molecule has 1 aromatic heterocycles. The number of halogens is 1. The smallest absolute Gasteiger partial charge is 0.220 e. The molecule has 0 radical (unpaired) electrons. The lowest BCUT2D eigenvalue weighted by molar-refractivity contribution is -0.121. The van der Waals surface area contributed by atoms with Gasteiger partial charge in [0.2, 0.25) is 5.91 Å². The minimum Gasteiger partial charge on any atom is -0.497 e. The molecular weight excluding hydrogens is 316 g/mol. The Morgan fingerprint density at radius 2 is 2.04 bits per heavy atom. The normalized spacial score (nSPS) is 11.4. The topological polar surface area (TPSA) is 82.2 Å². The van der Waals surface area contributed by atoms with E-state index in [1.54, 1.807) is 11.8 Å². The molecule has 1 atom stereocenters. The maximum atomic E-state index is 11.7. The summed E-state index contributed by atoms with van der Waals surface area (Å²) in [7, 11) is 1.63. The number of ether oxygens (including phenoxy) is 1. The van der Waals surface area contributed by atoms with Crippen LogP contribution in [0.5, 0.6) is 5.75 Å². The summed E-state index contributed by atoms with van der Waals surface area (Å²) >= 11 is 0. The first-order chi connectivity index (χ1) is 10.6. The summed E-state index contributed by atoms with van der Waals surface area (Å²) in [5.41, 5.74) is 7.38. The molecule has 0 fully saturated rings. The molecule has 7 heteroatoms. The fraction of sp³-hybridized carbons (Fsp3) is 0.375. The second-order valence-electron chi connectivity index (χ2n) is 5.24. The van der Waals surface area contributed by atoms with E-state index >= 15 is 0 Å². The van der Waals surface area contributed by atoms with Crippen molar-refractivity contribution in [1.82, 2.24) is 15.1 Å². The SMILES string of the molecule is COc1ccc(-n2ccc(CNC(=O)CCC(C)N)n2)cc1.Cl. The molecule has 1 heterocycles. The van der Waals surface area contributed by atoms with E-state index in [-0.39, 0.29) is 24.4 Å². The predicted molar refractivity (Wildman–Crippen MR) is 92.1 cm³/mol. The highest BCUT2D eigenvalue weighted by atomic mass is 35.5. The maximum Gasteiger partial charge on any atom is 0.220 e. The van der Waals surface area contributed by atoms with Gasteiger partial charge in [0.1, 0.15) is 5.75 Å². The first-order valence-electron chi connectivity index (χ1n) is 7.29. The minimum atomic E-state index is -0.00343. The molecule has 1 unspecified atom stereocenters. The van der Waals surface area contributed by atoms with Crippen LogP contribution in [-0.2, 0) is 11.3 Å². The Hall–Kier alpha value is -2.05. The van der Waals surface area contributed by atoms with Gasteiger partial charge >= 0.3 is 0 Å². The molecule has 23 heavy (non-hydrogen) atoms. The number of hydrogen-bond donors (Lipinski definition) is 2. The van der Waals surface area contributed by atoms with Gasteiger partial charge < -0.3 is 15.8 Å². The number of nitrogens with zero attached hydrogens (tertiary/aromatic N) is 2. The van der Waals surface area contributed by atoms with Crippen LogP contribution in [-0.4, -0.2) is 28.8 Å². The molecule has 1 aromatic carbocycles. The average molecular weight is 339 g/mol. The highest BCUT2D eigenvalue weighted by Gasteiger charge is 2.06. The van der Waals surface area contributed by atoms with Gasteiger partial charge in [0.25, 0.3) is 0 Å². The third-order valence-corrected chi connectivity index (χ3v) is 3.27. The van der Waals surface area contributed by atoms with Gasteiger partial charge in [-0.05, 0) is 43.7 Å². The number of benzene rings is 1. The predicted octanol–water partition coefficient (Wildman–Crippen LogP) is 2.05. The van der Waals surface area contributed by atoms with Crippen molar-refractivity contribution in [2.75, 3.05) is 7.11 Å². The molecular formula is C16H23ClN4O2. The number of aromatic nitrogens is 2. The third kappa shape index (κ3) is 5.92. The highest BCUT2D eigenvalue weighted by Crippen LogP contribution is 2.14. The molecule has 2 aromatic rings. The molecule has 0 bridgehead atoms. The number of rotatable bonds is 7. The Balaban J connectivity index is 0.00000264. The molecule has 6 nitrogen and oxygen atoms in total. The van der Waals surface area contributed by atoms with Crippen LogP contribution in [0, 0.1) is 0 Å². The zero-order valence-corrected chi connectivity index (χ0v) is 14.2. The van der Waals surface area contributed by atoms with E-state index < -0.39 is 0 Å². The third-order valence-electron chi connectivity index (χ3n) is 3.27. The number of carbonyl (C=O) groups excluding carboxylic acids is 1. The summed E-state index contributed by atoms with van der Waals surface area (Å²) in [5, 5.41) is 7.29. The molecule has 0 aliphatic heterocycles. The number of amides is 1. The van der Waals surface area contributed by atoms with E-state index in [0.29, 0.717) is 19.4 Å². The van der Waals surface area contributed by atoms with E-state index in [9.17, 15) is 4.79 Å². The molecule has 0 spiro atoms. The molecule has 0 aliphatic rings. The number of methoxy groups -OCH3 is 1. The molecule has 0 saturated heterocycles. The quantitative estimate of drug-likeness (QED) is 0.809. The van der Waals surface area contributed by atoms with Crippen molar-refractivity contribution in [3.05, 3.63) is 42.2 Å². The van der Waals surface area contributed by atoms with Gasteiger partial charge in [-0.3, -0.25) is 4.79 Å². The van der Waals surface area contributed by atoms with Gasteiger partial charge in [-0.1, -0.05) is 0 Å². The van der Waals surface area contributed by atoms with E-state index in [4.69, 9.17) is 10.5 Å². The molecule has 0 aliphatic carbocycles. The van der Waals surface area contributed by atoms with Crippen LogP contribution in [0.1, 0.15) is 25.5 Å². The molecule has 126 valence electrons. The van der Waals surface area contributed by atoms with Crippen LogP contribution in [0.3, 0.4) is 0 Å². The van der Waals surface area contributed by atoms with Crippen molar-refractivity contribution >= 4 is 18.3 Å². The van der Waals surface area contributed by atoms with E-state index in [1.165, 1.54) is 0 Å². The Labute approximate surface area is 142 Å². The summed E-state index contributed by atoms with van der Waals surface area (Å²) in [6, 6.07) is 9.54. The van der Waals surface area contributed by atoms with Crippen molar-refractivity contribution < 1.29 is 9.53 Å². The number of carbonyl (C=O) groups is 1. The van der Waals surface area contributed by atoms with Crippen LogP contribution in [0.25, 0.3) is 5.69 Å². The standard InChI is InChI=1S/C16H22N4O2.ClH/c1-12(17)3-8-16(21)18-11-13-9-10-20(19-13)14-4-6-15(22-2)7-5-14;/h4-7,9-10,12H,3,8,11,17H2,1-2H3,(H,18,21);1H. The first kappa shape index (κ1) is 19.0. The molecule has 1 amide bonds. The fourth-order valence-corrected chi connectivity index (χ4v) is 1.97. The summed E-state index contributed by atoms with van der Waals surface area (Å²) in [6.07, 6.45) is 2.99. The molecule has 0 saturated carbocycles. The van der Waals surface area contributed by atoms with Crippen molar-refractivity contribution in [3.8, 4) is 11.4 Å². The summed E-state index contributed by atoms with van der Waals surface area (Å²) in [6.45, 7) is 2.31. The van der Waals surface area contributed by atoms with Crippen molar-refractivity contribution in [2.45, 2.75) is 32.4 Å². The van der Waals surface area contributed by atoms with Crippen LogP contribution in [0.4, 0.5) is 0 Å². The van der Waals surface area contributed by atoms with Crippen LogP contribution >= 0.6 is 12.4 Å². The maximum absolute atomic E-state index is 11.7. The zero-order valence-electron chi connectivity index (χ0n) is 13.4. The second kappa shape index (κ2) is 9.17. The van der Waals surface area contributed by atoms with Crippen LogP contribution < -0.4 is 15.8 Å².